The van der Waals surface area contributed by atoms with Gasteiger partial charge in [-0.2, -0.15) is 15.1 Å². The van der Waals surface area contributed by atoms with E-state index in [1.165, 1.54) is 18.3 Å². The molecule has 11 nitrogen and oxygen atoms in total. The number of thioether (sulfide) groups is 1. The Bertz CT molecular complexity index is 1450. The van der Waals surface area contributed by atoms with Crippen LogP contribution in [0.25, 0.3) is 10.9 Å². The van der Waals surface area contributed by atoms with Gasteiger partial charge in [0.05, 0.1) is 22.7 Å². The molecule has 0 unspecified atom stereocenters. The summed E-state index contributed by atoms with van der Waals surface area (Å²) in [6.45, 7) is 7.17. The van der Waals surface area contributed by atoms with E-state index in [4.69, 9.17) is 10.8 Å². The Morgan fingerprint density at radius 3 is 2.37 bits per heavy atom. The summed E-state index contributed by atoms with van der Waals surface area (Å²) in [6, 6.07) is 4.73. The number of hydrogen-bond acceptors (Lipinski definition) is 9. The van der Waals surface area contributed by atoms with E-state index in [-0.39, 0.29) is 28.1 Å². The molecule has 1 saturated heterocycles. The molecule has 4 rings (SSSR count). The van der Waals surface area contributed by atoms with E-state index in [0.717, 1.165) is 4.68 Å². The van der Waals surface area contributed by atoms with Crippen LogP contribution in [-0.4, -0.2) is 77.4 Å². The Balaban J connectivity index is 1.74. The summed E-state index contributed by atoms with van der Waals surface area (Å²) in [5, 5.41) is 28.1. The van der Waals surface area contributed by atoms with Crippen LogP contribution in [0.2, 0.25) is 0 Å². The van der Waals surface area contributed by atoms with Crippen LogP contribution < -0.4 is 9.62 Å². The molecule has 0 radical (unpaired) electrons. The molecule has 2 fully saturated rings. The number of piperazine rings is 1. The molecule has 3 N–H and O–H groups in total. The second-order valence-electron chi connectivity index (χ2n) is 10.3. The van der Waals surface area contributed by atoms with Gasteiger partial charge in [0.15, 0.2) is 5.17 Å². The van der Waals surface area contributed by atoms with Gasteiger partial charge in [0.1, 0.15) is 10.6 Å². The number of aromatic nitrogens is 2. The summed E-state index contributed by atoms with van der Waals surface area (Å²) in [4.78, 5) is 16.2. The highest BCUT2D eigenvalue weighted by molar-refractivity contribution is 8.26. The lowest BCUT2D eigenvalue weighted by molar-refractivity contribution is -0.139. The Morgan fingerprint density at radius 1 is 1.21 bits per heavy atom. The minimum Gasteiger partial charge on any atom is -0.367 e. The fraction of sp³-hybridized carbons (Fsp3) is 0.522. The molecular formula is C23H28F2N8O3S2. The third-order valence-corrected chi connectivity index (χ3v) is 8.67. The van der Waals surface area contributed by atoms with Crippen LogP contribution in [0.15, 0.2) is 23.2 Å². The molecule has 2 aliphatic rings. The van der Waals surface area contributed by atoms with Crippen LogP contribution in [0.1, 0.15) is 33.6 Å². The van der Waals surface area contributed by atoms with Crippen molar-refractivity contribution in [3.05, 3.63) is 18.3 Å². The maximum absolute atomic E-state index is 13.3. The Labute approximate surface area is 223 Å². The number of fused-ring (bicyclic) bond motifs is 1. The number of anilines is 1. The number of nitriles is 1. The molecule has 38 heavy (non-hydrogen) atoms. The normalized spacial score (nSPS) is 17.5. The number of carbonyl (C=O) groups excluding carboxylic acids is 1. The zero-order chi connectivity index (χ0) is 28.0. The van der Waals surface area contributed by atoms with Gasteiger partial charge in [-0.3, -0.25) is 15.6 Å². The van der Waals surface area contributed by atoms with E-state index in [1.807, 2.05) is 31.7 Å². The minimum atomic E-state index is -4.16. The maximum atomic E-state index is 13.3. The van der Waals surface area contributed by atoms with Gasteiger partial charge in [-0.25, -0.2) is 21.9 Å². The van der Waals surface area contributed by atoms with Crippen molar-refractivity contribution in [1.29, 1.82) is 16.1 Å². The van der Waals surface area contributed by atoms with Crippen molar-refractivity contribution in [3.8, 4) is 6.07 Å². The van der Waals surface area contributed by atoms with Crippen LogP contribution in [0.4, 0.5) is 14.5 Å². The van der Waals surface area contributed by atoms with Crippen LogP contribution in [0.5, 0.6) is 0 Å². The van der Waals surface area contributed by atoms with Gasteiger partial charge in [0.25, 0.3) is 6.43 Å². The number of rotatable bonds is 5. The molecule has 0 spiro atoms. The standard InChI is InChI=1S/C23H28F2N8O3S2/c1-22(2,3)20(34)32-8-6-31(7-9-32)16-10-14(38(35,36)30-23(13-26)4-5-23)11-17-15(16)12-29-33(17)21(28)37-19(27)18(24)25/h10-12,18,27-28,30H,4-9H2,1-3H3. The zero-order valence-electron chi connectivity index (χ0n) is 21.1. The molecule has 1 aromatic heterocycles. The van der Waals surface area contributed by atoms with Gasteiger partial charge in [0.2, 0.25) is 15.9 Å². The first-order valence-corrected chi connectivity index (χ1v) is 14.1. The molecule has 1 aliphatic carbocycles. The van der Waals surface area contributed by atoms with Crippen LogP contribution in [0, 0.1) is 27.6 Å². The quantitative estimate of drug-likeness (QED) is 0.371. The molecule has 2 aromatic rings. The monoisotopic (exact) mass is 566 g/mol. The summed E-state index contributed by atoms with van der Waals surface area (Å²) in [5.74, 6) is 0.00818. The van der Waals surface area contributed by atoms with Gasteiger partial charge >= 0.3 is 0 Å². The number of alkyl halides is 2. The second-order valence-corrected chi connectivity index (χ2v) is 13.0. The predicted octanol–water partition coefficient (Wildman–Crippen LogP) is 2.82. The first-order valence-electron chi connectivity index (χ1n) is 11.8. The smallest absolute Gasteiger partial charge is 0.286 e. The van der Waals surface area contributed by atoms with E-state index >= 15 is 0 Å². The summed E-state index contributed by atoms with van der Waals surface area (Å²) in [5.41, 5.74) is -1.04. The molecule has 2 heterocycles. The van der Waals surface area contributed by atoms with E-state index in [1.54, 1.807) is 4.90 Å². The summed E-state index contributed by atoms with van der Waals surface area (Å²) >= 11 is 0.216. The SMILES string of the molecule is CC(C)(C)C(=O)N1CCN(c2cc(S(=O)(=O)NC3(C#N)CC3)cc3c2cnn3C(=N)SC(=N)C(F)F)CC1. The fourth-order valence-electron chi connectivity index (χ4n) is 4.16. The highest BCUT2D eigenvalue weighted by Gasteiger charge is 2.47. The van der Waals surface area contributed by atoms with Gasteiger partial charge in [-0.15, -0.1) is 0 Å². The van der Waals surface area contributed by atoms with Crippen LogP contribution >= 0.6 is 11.8 Å². The first kappa shape index (κ1) is 27.9. The number of sulfonamides is 1. The number of carbonyl (C=O) groups is 1. The number of halogens is 2. The zero-order valence-corrected chi connectivity index (χ0v) is 22.7. The first-order chi connectivity index (χ1) is 17.7. The van der Waals surface area contributed by atoms with Gasteiger partial charge in [-0.05, 0) is 36.7 Å². The summed E-state index contributed by atoms with van der Waals surface area (Å²) in [6.07, 6.45) is -0.877. The largest absolute Gasteiger partial charge is 0.367 e. The number of nitrogens with zero attached hydrogens (tertiary/aromatic N) is 5. The molecule has 1 aliphatic heterocycles. The Hall–Kier alpha value is -3.09. The fourth-order valence-corrected chi connectivity index (χ4v) is 6.10. The molecule has 204 valence electrons. The lowest BCUT2D eigenvalue weighted by atomic mass is 9.94. The van der Waals surface area contributed by atoms with Crippen molar-refractivity contribution >= 4 is 54.5 Å². The molecule has 1 saturated carbocycles. The van der Waals surface area contributed by atoms with Crippen molar-refractivity contribution in [1.82, 2.24) is 19.4 Å². The third-order valence-electron chi connectivity index (χ3n) is 6.39. The summed E-state index contributed by atoms with van der Waals surface area (Å²) in [7, 11) is -4.16. The van der Waals surface area contributed by atoms with Gasteiger partial charge in [-0.1, -0.05) is 20.8 Å². The Kier molecular flexibility index (Phi) is 7.28. The third kappa shape index (κ3) is 5.52. The van der Waals surface area contributed by atoms with Crippen LogP contribution in [0.3, 0.4) is 0 Å². The van der Waals surface area contributed by atoms with E-state index in [9.17, 15) is 27.3 Å². The predicted molar refractivity (Wildman–Crippen MR) is 140 cm³/mol. The average Bonchev–Trinajstić information content (AvgIpc) is 3.48. The second kappa shape index (κ2) is 9.90. The lowest BCUT2D eigenvalue weighted by Crippen LogP contribution is -2.51. The molecule has 1 amide bonds. The molecule has 0 atom stereocenters. The molecule has 0 bridgehead atoms. The average molecular weight is 567 g/mol. The number of nitrogens with one attached hydrogen (secondary N) is 3. The lowest BCUT2D eigenvalue weighted by Gasteiger charge is -2.39. The topological polar surface area (TPSA) is 159 Å². The summed E-state index contributed by atoms with van der Waals surface area (Å²) < 4.78 is 55.9. The number of benzene rings is 1. The number of amides is 1. The van der Waals surface area contributed by atoms with Crippen LogP contribution in [-0.2, 0) is 14.8 Å². The van der Waals surface area contributed by atoms with Gasteiger partial charge in [0, 0.05) is 42.7 Å². The van der Waals surface area contributed by atoms with E-state index in [2.05, 4.69) is 9.82 Å². The van der Waals surface area contributed by atoms with E-state index in [0.29, 0.717) is 50.1 Å². The number of hydrogen-bond donors (Lipinski definition) is 3. The van der Waals surface area contributed by atoms with E-state index < -0.39 is 37.6 Å². The molecular weight excluding hydrogens is 538 g/mol. The molecule has 15 heteroatoms. The minimum absolute atomic E-state index is 0.00818. The van der Waals surface area contributed by atoms with Crippen molar-refractivity contribution in [3.63, 3.8) is 0 Å². The maximum Gasteiger partial charge on any atom is 0.286 e. The van der Waals surface area contributed by atoms with Crippen molar-refractivity contribution < 1.29 is 22.0 Å². The Morgan fingerprint density at radius 2 is 1.84 bits per heavy atom. The highest BCUT2D eigenvalue weighted by Crippen LogP contribution is 2.38. The van der Waals surface area contributed by atoms with Crippen molar-refractivity contribution in [2.45, 2.75) is 50.5 Å². The van der Waals surface area contributed by atoms with Gasteiger partial charge < -0.3 is 9.80 Å². The molecule has 1 aromatic carbocycles. The highest BCUT2D eigenvalue weighted by atomic mass is 32.2. The van der Waals surface area contributed by atoms with Crippen molar-refractivity contribution in [2.24, 2.45) is 5.41 Å². The van der Waals surface area contributed by atoms with Crippen molar-refractivity contribution in [2.75, 3.05) is 31.1 Å².